The van der Waals surface area contributed by atoms with Gasteiger partial charge in [-0.25, -0.2) is 4.79 Å². The van der Waals surface area contributed by atoms with Crippen molar-refractivity contribution in [2.24, 2.45) is 11.8 Å². The van der Waals surface area contributed by atoms with Crippen molar-refractivity contribution in [3.05, 3.63) is 35.9 Å². The number of hydrogen-bond acceptors (Lipinski definition) is 2. The molecule has 1 aliphatic heterocycles. The van der Waals surface area contributed by atoms with Crippen LogP contribution in [0.15, 0.2) is 30.3 Å². The van der Waals surface area contributed by atoms with Crippen molar-refractivity contribution < 1.29 is 9.90 Å². The molecule has 2 atom stereocenters. The lowest BCUT2D eigenvalue weighted by molar-refractivity contribution is 0.153. The van der Waals surface area contributed by atoms with E-state index in [0.717, 1.165) is 13.0 Å². The summed E-state index contributed by atoms with van der Waals surface area (Å²) in [6.07, 6.45) is 0.157. The number of amides is 1. The first-order chi connectivity index (χ1) is 9.56. The van der Waals surface area contributed by atoms with Gasteiger partial charge in [0.05, 0.1) is 0 Å². The molecule has 1 aromatic carbocycles. The first kappa shape index (κ1) is 14.9. The highest BCUT2D eigenvalue weighted by molar-refractivity contribution is 5.65. The molecule has 20 heavy (non-hydrogen) atoms. The Morgan fingerprint density at radius 3 is 2.55 bits per heavy atom. The van der Waals surface area contributed by atoms with Gasteiger partial charge in [0.1, 0.15) is 0 Å². The highest BCUT2D eigenvalue weighted by atomic mass is 16.4. The van der Waals surface area contributed by atoms with Crippen LogP contribution >= 0.6 is 0 Å². The number of carbonyl (C=O) groups is 1. The second kappa shape index (κ2) is 6.75. The third-order valence-corrected chi connectivity index (χ3v) is 3.98. The van der Waals surface area contributed by atoms with Gasteiger partial charge in [-0.1, -0.05) is 44.2 Å². The van der Waals surface area contributed by atoms with Crippen molar-refractivity contribution in [1.82, 2.24) is 10.2 Å². The Bertz CT molecular complexity index is 433. The molecule has 2 N–H and O–H groups in total. The summed E-state index contributed by atoms with van der Waals surface area (Å²) in [6, 6.07) is 10.8. The van der Waals surface area contributed by atoms with E-state index in [-0.39, 0.29) is 0 Å². The molecule has 4 nitrogen and oxygen atoms in total. The molecule has 0 radical (unpaired) electrons. The van der Waals surface area contributed by atoms with Gasteiger partial charge in [0.15, 0.2) is 0 Å². The minimum Gasteiger partial charge on any atom is -0.465 e. The molecule has 1 heterocycles. The molecule has 1 aliphatic rings. The molecule has 1 aromatic rings. The molecule has 2 rings (SSSR count). The molecule has 0 saturated carbocycles. The zero-order valence-corrected chi connectivity index (χ0v) is 12.2. The number of likely N-dealkylation sites (tertiary alicyclic amines) is 1. The first-order valence-corrected chi connectivity index (χ1v) is 7.31. The zero-order chi connectivity index (χ0) is 14.5. The van der Waals surface area contributed by atoms with Gasteiger partial charge in [-0.2, -0.15) is 0 Å². The van der Waals surface area contributed by atoms with E-state index >= 15 is 0 Å². The van der Waals surface area contributed by atoms with Gasteiger partial charge in [-0.05, 0) is 23.8 Å². The molecular formula is C16H24N2O2. The fraction of sp³-hybridized carbons (Fsp3) is 0.562. The lowest BCUT2D eigenvalue weighted by atomic mass is 9.89. The summed E-state index contributed by atoms with van der Waals surface area (Å²) in [5.41, 5.74) is 1.29. The predicted octanol–water partition coefficient (Wildman–Crippen LogP) is 2.45. The van der Waals surface area contributed by atoms with Gasteiger partial charge >= 0.3 is 6.09 Å². The number of carboxylic acid groups (broad SMARTS) is 1. The van der Waals surface area contributed by atoms with Gasteiger partial charge in [-0.3, -0.25) is 0 Å². The van der Waals surface area contributed by atoms with Gasteiger partial charge in [0, 0.05) is 25.7 Å². The molecule has 0 unspecified atom stereocenters. The van der Waals surface area contributed by atoms with Crippen LogP contribution in [0.4, 0.5) is 4.79 Å². The number of nitrogens with one attached hydrogen (secondary N) is 1. The maximum Gasteiger partial charge on any atom is 0.407 e. The van der Waals surface area contributed by atoms with Crippen LogP contribution in [-0.4, -0.2) is 41.8 Å². The van der Waals surface area contributed by atoms with Crippen molar-refractivity contribution in [1.29, 1.82) is 0 Å². The fourth-order valence-electron chi connectivity index (χ4n) is 2.86. The second-order valence-electron chi connectivity index (χ2n) is 5.96. The van der Waals surface area contributed by atoms with Crippen LogP contribution in [0.2, 0.25) is 0 Å². The number of rotatable bonds is 5. The van der Waals surface area contributed by atoms with Crippen LogP contribution in [-0.2, 0) is 6.42 Å². The summed E-state index contributed by atoms with van der Waals surface area (Å²) in [4.78, 5) is 12.7. The Morgan fingerprint density at radius 2 is 1.95 bits per heavy atom. The molecule has 0 spiro atoms. The van der Waals surface area contributed by atoms with Crippen molar-refractivity contribution in [2.45, 2.75) is 26.3 Å². The highest BCUT2D eigenvalue weighted by Gasteiger charge is 2.34. The minimum absolute atomic E-state index is 0.397. The molecule has 110 valence electrons. The van der Waals surface area contributed by atoms with E-state index in [0.29, 0.717) is 31.0 Å². The van der Waals surface area contributed by atoms with Crippen LogP contribution in [0.1, 0.15) is 19.4 Å². The largest absolute Gasteiger partial charge is 0.465 e. The predicted molar refractivity (Wildman–Crippen MR) is 79.9 cm³/mol. The average Bonchev–Trinajstić information content (AvgIpc) is 2.81. The van der Waals surface area contributed by atoms with E-state index in [2.05, 4.69) is 31.3 Å². The van der Waals surface area contributed by atoms with E-state index in [1.807, 2.05) is 18.2 Å². The minimum atomic E-state index is -0.796. The van der Waals surface area contributed by atoms with E-state index in [1.54, 1.807) is 4.90 Å². The van der Waals surface area contributed by atoms with E-state index in [1.165, 1.54) is 5.56 Å². The van der Waals surface area contributed by atoms with Crippen LogP contribution in [0.5, 0.6) is 0 Å². The van der Waals surface area contributed by atoms with Gasteiger partial charge in [-0.15, -0.1) is 0 Å². The molecule has 4 heteroatoms. The van der Waals surface area contributed by atoms with E-state index in [9.17, 15) is 9.90 Å². The first-order valence-electron chi connectivity index (χ1n) is 7.31. The third-order valence-electron chi connectivity index (χ3n) is 3.98. The normalized spacial score (nSPS) is 22.4. The fourth-order valence-corrected chi connectivity index (χ4v) is 2.86. The monoisotopic (exact) mass is 276 g/mol. The van der Waals surface area contributed by atoms with E-state index < -0.39 is 6.09 Å². The number of nitrogens with zero attached hydrogens (tertiary/aromatic N) is 1. The molecule has 0 bridgehead atoms. The molecule has 1 saturated heterocycles. The molecule has 0 aliphatic carbocycles. The molecule has 0 aromatic heterocycles. The van der Waals surface area contributed by atoms with Crippen molar-refractivity contribution in [3.63, 3.8) is 0 Å². The van der Waals surface area contributed by atoms with Gasteiger partial charge < -0.3 is 15.3 Å². The van der Waals surface area contributed by atoms with Gasteiger partial charge in [0.25, 0.3) is 0 Å². The summed E-state index contributed by atoms with van der Waals surface area (Å²) < 4.78 is 0. The topological polar surface area (TPSA) is 52.6 Å². The summed E-state index contributed by atoms with van der Waals surface area (Å²) in [5.74, 6) is 0.799. The summed E-state index contributed by atoms with van der Waals surface area (Å²) >= 11 is 0. The summed E-state index contributed by atoms with van der Waals surface area (Å²) in [7, 11) is 0. The lowest BCUT2D eigenvalue weighted by Crippen LogP contribution is -2.33. The van der Waals surface area contributed by atoms with Gasteiger partial charge in [0.2, 0.25) is 0 Å². The standard InChI is InChI=1S/C16H24N2O2/c1-12(2)17-9-15-11-18(16(19)20)10-14(15)8-13-6-4-3-5-7-13/h3-7,12,14-15,17H,8-11H2,1-2H3,(H,19,20)/t14-,15-/m0/s1. The smallest absolute Gasteiger partial charge is 0.407 e. The van der Waals surface area contributed by atoms with Crippen molar-refractivity contribution in [2.75, 3.05) is 19.6 Å². The molecule has 1 amide bonds. The Balaban J connectivity index is 2.00. The Labute approximate surface area is 120 Å². The zero-order valence-electron chi connectivity index (χ0n) is 12.2. The number of benzene rings is 1. The average molecular weight is 276 g/mol. The maximum absolute atomic E-state index is 11.2. The highest BCUT2D eigenvalue weighted by Crippen LogP contribution is 2.26. The Morgan fingerprint density at radius 1 is 1.30 bits per heavy atom. The third kappa shape index (κ3) is 3.97. The van der Waals surface area contributed by atoms with Crippen LogP contribution in [0.25, 0.3) is 0 Å². The second-order valence-corrected chi connectivity index (χ2v) is 5.96. The SMILES string of the molecule is CC(C)NC[C@H]1CN(C(=O)O)C[C@@H]1Cc1ccccc1. The lowest BCUT2D eigenvalue weighted by Gasteiger charge is -2.20. The summed E-state index contributed by atoms with van der Waals surface area (Å²) in [6.45, 7) is 6.42. The number of hydrogen-bond donors (Lipinski definition) is 2. The van der Waals surface area contributed by atoms with Crippen LogP contribution in [0.3, 0.4) is 0 Å². The summed E-state index contributed by atoms with van der Waals surface area (Å²) in [5, 5.41) is 12.6. The van der Waals surface area contributed by atoms with Crippen molar-refractivity contribution >= 4 is 6.09 Å². The maximum atomic E-state index is 11.2. The Kier molecular flexibility index (Phi) is 5.01. The molecule has 1 fully saturated rings. The quantitative estimate of drug-likeness (QED) is 0.868. The Hall–Kier alpha value is -1.55. The van der Waals surface area contributed by atoms with E-state index in [4.69, 9.17) is 0 Å². The van der Waals surface area contributed by atoms with Crippen LogP contribution in [0, 0.1) is 11.8 Å². The molecular weight excluding hydrogens is 252 g/mol. The van der Waals surface area contributed by atoms with Crippen molar-refractivity contribution in [3.8, 4) is 0 Å². The van der Waals surface area contributed by atoms with Crippen LogP contribution < -0.4 is 5.32 Å².